The Labute approximate surface area is 217 Å². The Morgan fingerprint density at radius 2 is 1.84 bits per heavy atom. The van der Waals surface area contributed by atoms with Crippen LogP contribution in [0.5, 0.6) is 0 Å². The molecule has 0 spiro atoms. The summed E-state index contributed by atoms with van der Waals surface area (Å²) in [4.78, 5) is 28.1. The van der Waals surface area contributed by atoms with Crippen LogP contribution in [-0.4, -0.2) is 34.7 Å². The Bertz CT molecular complexity index is 1680. The molecule has 3 aromatic carbocycles. The molecule has 0 radical (unpaired) electrons. The van der Waals surface area contributed by atoms with Gasteiger partial charge < -0.3 is 4.57 Å². The molecule has 1 heterocycles. The zero-order chi connectivity index (χ0) is 26.6. The Kier molecular flexibility index (Phi) is 7.63. The van der Waals surface area contributed by atoms with E-state index >= 15 is 0 Å². The number of benzene rings is 3. The second kappa shape index (κ2) is 10.9. The standard InChI is InChI=1S/C26H22N4O5S2/c1-3-16-29-23-17-21(30(32)33)12-15-24(23)36-26(29)27-25(31)20-10-13-22(14-11-20)37(34,35)28(4-2)18-19-8-6-5-7-9-19/h1,5-15,17H,4,16,18H2,2H3. The highest BCUT2D eigenvalue weighted by molar-refractivity contribution is 7.89. The Hall–Kier alpha value is -4.11. The summed E-state index contributed by atoms with van der Waals surface area (Å²) in [6.45, 7) is 2.35. The van der Waals surface area contributed by atoms with Crippen molar-refractivity contribution >= 4 is 43.2 Å². The molecular formula is C26H22N4O5S2. The van der Waals surface area contributed by atoms with Crippen molar-refractivity contribution in [1.29, 1.82) is 0 Å². The predicted molar refractivity (Wildman–Crippen MR) is 141 cm³/mol. The monoisotopic (exact) mass is 534 g/mol. The fraction of sp³-hybridized carbons (Fsp3) is 0.154. The SMILES string of the molecule is C#CCn1c(=NC(=O)c2ccc(S(=O)(=O)N(CC)Cc3ccccc3)cc2)sc2ccc([N+](=O)[O-])cc21. The summed E-state index contributed by atoms with van der Waals surface area (Å²) in [6.07, 6.45) is 5.47. The van der Waals surface area contributed by atoms with Crippen LogP contribution in [0, 0.1) is 22.5 Å². The van der Waals surface area contributed by atoms with Crippen LogP contribution < -0.4 is 4.80 Å². The second-order valence-electron chi connectivity index (χ2n) is 7.94. The fourth-order valence-electron chi connectivity index (χ4n) is 3.72. The highest BCUT2D eigenvalue weighted by Gasteiger charge is 2.23. The third kappa shape index (κ3) is 5.51. The first-order chi connectivity index (χ1) is 17.7. The number of carbonyl (C=O) groups is 1. The van der Waals surface area contributed by atoms with Crippen molar-refractivity contribution in [3.63, 3.8) is 0 Å². The molecule has 0 aliphatic rings. The maximum atomic E-state index is 13.2. The second-order valence-corrected chi connectivity index (χ2v) is 10.9. The molecule has 1 aromatic heterocycles. The molecule has 11 heteroatoms. The van der Waals surface area contributed by atoms with Gasteiger partial charge in [0.25, 0.3) is 11.6 Å². The van der Waals surface area contributed by atoms with Gasteiger partial charge in [-0.2, -0.15) is 9.30 Å². The van der Waals surface area contributed by atoms with E-state index in [-0.39, 0.29) is 40.6 Å². The summed E-state index contributed by atoms with van der Waals surface area (Å²) in [5, 5.41) is 11.2. The number of sulfonamides is 1. The Morgan fingerprint density at radius 3 is 2.46 bits per heavy atom. The van der Waals surface area contributed by atoms with Gasteiger partial charge in [-0.3, -0.25) is 14.9 Å². The number of nitro groups is 1. The van der Waals surface area contributed by atoms with Crippen molar-refractivity contribution in [2.75, 3.05) is 6.54 Å². The lowest BCUT2D eigenvalue weighted by Crippen LogP contribution is -2.30. The number of aromatic nitrogens is 1. The Balaban J connectivity index is 1.64. The molecular weight excluding hydrogens is 512 g/mol. The fourth-order valence-corrected chi connectivity index (χ4v) is 6.17. The number of thiazole rings is 1. The summed E-state index contributed by atoms with van der Waals surface area (Å²) in [5.74, 6) is 1.89. The molecule has 188 valence electrons. The molecule has 0 aliphatic heterocycles. The zero-order valence-electron chi connectivity index (χ0n) is 19.8. The van der Waals surface area contributed by atoms with Crippen molar-refractivity contribution in [3.05, 3.63) is 98.8 Å². The van der Waals surface area contributed by atoms with Crippen LogP contribution in [0.25, 0.3) is 10.2 Å². The van der Waals surface area contributed by atoms with Crippen molar-refractivity contribution in [2.45, 2.75) is 24.9 Å². The summed E-state index contributed by atoms with van der Waals surface area (Å²) < 4.78 is 30.0. The third-order valence-electron chi connectivity index (χ3n) is 5.62. The van der Waals surface area contributed by atoms with E-state index in [4.69, 9.17) is 6.42 Å². The molecule has 0 atom stereocenters. The molecule has 0 saturated carbocycles. The quantitative estimate of drug-likeness (QED) is 0.191. The lowest BCUT2D eigenvalue weighted by Gasteiger charge is -2.20. The van der Waals surface area contributed by atoms with E-state index in [0.717, 1.165) is 5.56 Å². The molecule has 4 rings (SSSR count). The van der Waals surface area contributed by atoms with E-state index in [1.165, 1.54) is 52.0 Å². The summed E-state index contributed by atoms with van der Waals surface area (Å²) in [6, 6.07) is 19.2. The lowest BCUT2D eigenvalue weighted by molar-refractivity contribution is -0.384. The van der Waals surface area contributed by atoms with Crippen molar-refractivity contribution in [2.24, 2.45) is 4.99 Å². The molecule has 1 amide bonds. The summed E-state index contributed by atoms with van der Waals surface area (Å²) in [7, 11) is -3.78. The van der Waals surface area contributed by atoms with Crippen LogP contribution in [-0.2, 0) is 23.1 Å². The topological polar surface area (TPSA) is 115 Å². The van der Waals surface area contributed by atoms with Gasteiger partial charge in [-0.1, -0.05) is 54.5 Å². The number of amides is 1. The first kappa shape index (κ1) is 26.0. The number of fused-ring (bicyclic) bond motifs is 1. The van der Waals surface area contributed by atoms with Crippen molar-refractivity contribution in [3.8, 4) is 12.3 Å². The minimum Gasteiger partial charge on any atom is -0.304 e. The van der Waals surface area contributed by atoms with Crippen molar-refractivity contribution in [1.82, 2.24) is 8.87 Å². The molecule has 4 aromatic rings. The molecule has 9 nitrogen and oxygen atoms in total. The van der Waals surface area contributed by atoms with Gasteiger partial charge in [-0.05, 0) is 35.9 Å². The van der Waals surface area contributed by atoms with Crippen LogP contribution in [0.3, 0.4) is 0 Å². The van der Waals surface area contributed by atoms with Gasteiger partial charge in [0, 0.05) is 30.8 Å². The zero-order valence-corrected chi connectivity index (χ0v) is 21.4. The van der Waals surface area contributed by atoms with Gasteiger partial charge in [0.05, 0.1) is 26.6 Å². The van der Waals surface area contributed by atoms with E-state index in [0.29, 0.717) is 10.2 Å². The van der Waals surface area contributed by atoms with Gasteiger partial charge in [0.2, 0.25) is 10.0 Å². The molecule has 0 bridgehead atoms. The summed E-state index contributed by atoms with van der Waals surface area (Å²) >= 11 is 1.18. The smallest absolute Gasteiger partial charge is 0.279 e. The van der Waals surface area contributed by atoms with Crippen molar-refractivity contribution < 1.29 is 18.1 Å². The normalized spacial score (nSPS) is 12.1. The van der Waals surface area contributed by atoms with Crippen LogP contribution in [0.4, 0.5) is 5.69 Å². The van der Waals surface area contributed by atoms with E-state index in [1.54, 1.807) is 17.6 Å². The minimum absolute atomic E-state index is 0.0680. The van der Waals surface area contributed by atoms with E-state index in [2.05, 4.69) is 10.9 Å². The van der Waals surface area contributed by atoms with Gasteiger partial charge in [0.1, 0.15) is 0 Å². The molecule has 0 N–H and O–H groups in total. The van der Waals surface area contributed by atoms with E-state index in [9.17, 15) is 23.3 Å². The predicted octanol–water partition coefficient (Wildman–Crippen LogP) is 4.20. The van der Waals surface area contributed by atoms with Gasteiger partial charge in [0.15, 0.2) is 4.80 Å². The van der Waals surface area contributed by atoms with Crippen LogP contribution >= 0.6 is 11.3 Å². The summed E-state index contributed by atoms with van der Waals surface area (Å²) in [5.41, 5.74) is 1.47. The number of rotatable bonds is 8. The maximum Gasteiger partial charge on any atom is 0.279 e. The third-order valence-corrected chi connectivity index (χ3v) is 8.61. The first-order valence-electron chi connectivity index (χ1n) is 11.2. The highest BCUT2D eigenvalue weighted by atomic mass is 32.2. The number of carbonyl (C=O) groups excluding carboxylic acids is 1. The van der Waals surface area contributed by atoms with E-state index < -0.39 is 20.9 Å². The molecule has 0 unspecified atom stereocenters. The van der Waals surface area contributed by atoms with Gasteiger partial charge >= 0.3 is 0 Å². The minimum atomic E-state index is -3.78. The number of nitro benzene ring substituents is 1. The molecule has 37 heavy (non-hydrogen) atoms. The Morgan fingerprint density at radius 1 is 1.14 bits per heavy atom. The largest absolute Gasteiger partial charge is 0.304 e. The average Bonchev–Trinajstić information content (AvgIpc) is 3.24. The van der Waals surface area contributed by atoms with E-state index in [1.807, 2.05) is 30.3 Å². The number of hydrogen-bond acceptors (Lipinski definition) is 6. The maximum absolute atomic E-state index is 13.2. The van der Waals surface area contributed by atoms with Gasteiger partial charge in [-0.15, -0.1) is 6.42 Å². The number of non-ortho nitro benzene ring substituents is 1. The first-order valence-corrected chi connectivity index (χ1v) is 13.4. The van der Waals surface area contributed by atoms with Crippen LogP contribution in [0.2, 0.25) is 0 Å². The van der Waals surface area contributed by atoms with Gasteiger partial charge in [-0.25, -0.2) is 8.42 Å². The molecule has 0 saturated heterocycles. The molecule has 0 aliphatic carbocycles. The van der Waals surface area contributed by atoms with Crippen LogP contribution in [0.1, 0.15) is 22.8 Å². The number of nitrogens with zero attached hydrogens (tertiary/aromatic N) is 4. The average molecular weight is 535 g/mol. The highest BCUT2D eigenvalue weighted by Crippen LogP contribution is 2.23. The number of terminal acetylenes is 1. The number of hydrogen-bond donors (Lipinski definition) is 0. The van der Waals surface area contributed by atoms with Crippen LogP contribution in [0.15, 0.2) is 82.7 Å². The molecule has 0 fully saturated rings. The lowest BCUT2D eigenvalue weighted by atomic mass is 10.2.